The highest BCUT2D eigenvalue weighted by Gasteiger charge is 2.29. The van der Waals surface area contributed by atoms with Crippen molar-refractivity contribution in [1.82, 2.24) is 14.5 Å². The van der Waals surface area contributed by atoms with E-state index in [1.807, 2.05) is 23.1 Å². The highest BCUT2D eigenvalue weighted by Crippen LogP contribution is 2.33. The highest BCUT2D eigenvalue weighted by molar-refractivity contribution is 9.10. The number of hydrogen-bond acceptors (Lipinski definition) is 3. The van der Waals surface area contributed by atoms with Gasteiger partial charge in [0.25, 0.3) is 5.56 Å². The lowest BCUT2D eigenvalue weighted by atomic mass is 10.0. The summed E-state index contributed by atoms with van der Waals surface area (Å²) in [7, 11) is 0. The van der Waals surface area contributed by atoms with Gasteiger partial charge in [-0.25, -0.2) is 4.79 Å². The van der Waals surface area contributed by atoms with Crippen LogP contribution >= 0.6 is 15.9 Å². The molecule has 2 heterocycles. The largest absolute Gasteiger partial charge is 0.336 e. The second kappa shape index (κ2) is 7.75. The molecule has 1 aromatic heterocycles. The third-order valence-corrected chi connectivity index (χ3v) is 5.75. The maximum Gasteiger partial charge on any atom is 0.328 e. The van der Waals surface area contributed by atoms with Crippen LogP contribution in [0.4, 0.5) is 0 Å². The normalized spacial score (nSPS) is 16.6. The fraction of sp³-hybridized carbons (Fsp3) is 0.286. The number of likely N-dealkylation sites (tertiary alicyclic amines) is 1. The Morgan fingerprint density at radius 3 is 2.79 bits per heavy atom. The average molecular weight is 442 g/mol. The van der Waals surface area contributed by atoms with Gasteiger partial charge >= 0.3 is 5.69 Å². The first-order valence-electron chi connectivity index (χ1n) is 9.31. The van der Waals surface area contributed by atoms with E-state index in [0.29, 0.717) is 10.9 Å². The summed E-state index contributed by atoms with van der Waals surface area (Å²) in [6.45, 7) is 0.952. The molecule has 0 bridgehead atoms. The Bertz CT molecular complexity index is 1150. The summed E-state index contributed by atoms with van der Waals surface area (Å²) in [5.41, 5.74) is 0.778. The zero-order valence-corrected chi connectivity index (χ0v) is 16.8. The molecule has 1 aliphatic rings. The lowest BCUT2D eigenvalue weighted by Crippen LogP contribution is -2.34. The van der Waals surface area contributed by atoms with E-state index >= 15 is 0 Å². The number of aryl methyl sites for hydroxylation is 1. The van der Waals surface area contributed by atoms with Crippen LogP contribution in [0.3, 0.4) is 0 Å². The van der Waals surface area contributed by atoms with E-state index in [1.165, 1.54) is 4.57 Å². The van der Waals surface area contributed by atoms with Gasteiger partial charge in [-0.15, -0.1) is 0 Å². The molecule has 3 aromatic rings. The topological polar surface area (TPSA) is 75.2 Å². The van der Waals surface area contributed by atoms with Crippen LogP contribution < -0.4 is 11.2 Å². The first-order chi connectivity index (χ1) is 13.5. The number of aromatic nitrogens is 2. The Kier molecular flexibility index (Phi) is 5.17. The Hall–Kier alpha value is -2.67. The molecule has 0 aliphatic carbocycles. The van der Waals surface area contributed by atoms with Crippen molar-refractivity contribution in [1.29, 1.82) is 0 Å². The van der Waals surface area contributed by atoms with Gasteiger partial charge < -0.3 is 4.90 Å². The fourth-order valence-electron chi connectivity index (χ4n) is 3.94. The number of benzene rings is 2. The molecule has 1 atom stereocenters. The number of rotatable bonds is 4. The first-order valence-corrected chi connectivity index (χ1v) is 10.1. The lowest BCUT2D eigenvalue weighted by molar-refractivity contribution is -0.132. The Balaban J connectivity index is 1.56. The van der Waals surface area contributed by atoms with E-state index in [0.717, 1.165) is 29.4 Å². The van der Waals surface area contributed by atoms with Gasteiger partial charge in [0.15, 0.2) is 0 Å². The van der Waals surface area contributed by atoms with Crippen molar-refractivity contribution in [2.24, 2.45) is 0 Å². The van der Waals surface area contributed by atoms with Crippen molar-refractivity contribution >= 4 is 32.7 Å². The molecule has 1 amide bonds. The maximum absolute atomic E-state index is 12.9. The number of carbonyl (C=O) groups excluding carboxylic acids is 1. The number of nitrogens with one attached hydrogen (secondary N) is 1. The Labute approximate surface area is 169 Å². The van der Waals surface area contributed by atoms with Crippen LogP contribution in [0.1, 0.15) is 30.9 Å². The minimum atomic E-state index is -0.485. The van der Waals surface area contributed by atoms with Crippen LogP contribution in [-0.4, -0.2) is 26.9 Å². The molecule has 1 unspecified atom stereocenters. The third-order valence-electron chi connectivity index (χ3n) is 5.26. The van der Waals surface area contributed by atoms with Gasteiger partial charge in [-0.05, 0) is 42.7 Å². The van der Waals surface area contributed by atoms with Crippen molar-refractivity contribution in [3.63, 3.8) is 0 Å². The average Bonchev–Trinajstić information content (AvgIpc) is 3.18. The van der Waals surface area contributed by atoms with Gasteiger partial charge in [0.1, 0.15) is 0 Å². The summed E-state index contributed by atoms with van der Waals surface area (Å²) in [6, 6.07) is 15.1. The van der Waals surface area contributed by atoms with Crippen LogP contribution in [0.5, 0.6) is 0 Å². The third kappa shape index (κ3) is 3.54. The molecule has 1 N–H and O–H groups in total. The molecule has 4 rings (SSSR count). The lowest BCUT2D eigenvalue weighted by Gasteiger charge is -2.25. The Morgan fingerprint density at radius 2 is 1.96 bits per heavy atom. The predicted octanol–water partition coefficient (Wildman–Crippen LogP) is 3.21. The second-order valence-corrected chi connectivity index (χ2v) is 7.89. The van der Waals surface area contributed by atoms with Gasteiger partial charge in [0.2, 0.25) is 5.91 Å². The molecule has 7 heteroatoms. The molecule has 2 aromatic carbocycles. The van der Waals surface area contributed by atoms with Crippen LogP contribution in [0.2, 0.25) is 0 Å². The van der Waals surface area contributed by atoms with Gasteiger partial charge in [0, 0.05) is 24.0 Å². The number of nitrogens with zero attached hydrogens (tertiary/aromatic N) is 2. The molecule has 144 valence electrons. The Morgan fingerprint density at radius 1 is 1.14 bits per heavy atom. The van der Waals surface area contributed by atoms with E-state index in [9.17, 15) is 14.4 Å². The van der Waals surface area contributed by atoms with Crippen molar-refractivity contribution in [2.75, 3.05) is 6.54 Å². The van der Waals surface area contributed by atoms with Crippen molar-refractivity contribution in [3.8, 4) is 0 Å². The molecule has 0 saturated carbocycles. The number of hydrogen-bond donors (Lipinski definition) is 1. The predicted molar refractivity (Wildman–Crippen MR) is 111 cm³/mol. The molecule has 1 saturated heterocycles. The summed E-state index contributed by atoms with van der Waals surface area (Å²) >= 11 is 3.49. The molecular weight excluding hydrogens is 422 g/mol. The van der Waals surface area contributed by atoms with Gasteiger partial charge in [-0.3, -0.25) is 19.1 Å². The number of halogens is 1. The molecule has 0 spiro atoms. The quantitative estimate of drug-likeness (QED) is 0.675. The number of amides is 1. The van der Waals surface area contributed by atoms with Crippen LogP contribution in [-0.2, 0) is 11.3 Å². The van der Waals surface area contributed by atoms with Crippen LogP contribution in [0.25, 0.3) is 10.9 Å². The number of fused-ring (bicyclic) bond motifs is 1. The zero-order chi connectivity index (χ0) is 19.7. The van der Waals surface area contributed by atoms with E-state index in [2.05, 4.69) is 27.0 Å². The number of carbonyl (C=O) groups is 1. The van der Waals surface area contributed by atoms with Crippen LogP contribution in [0, 0.1) is 0 Å². The summed E-state index contributed by atoms with van der Waals surface area (Å²) in [6.07, 6.45) is 2.11. The van der Waals surface area contributed by atoms with Crippen LogP contribution in [0.15, 0.2) is 62.6 Å². The van der Waals surface area contributed by atoms with E-state index in [-0.39, 0.29) is 24.9 Å². The smallest absolute Gasteiger partial charge is 0.328 e. The van der Waals surface area contributed by atoms with E-state index in [4.69, 9.17) is 0 Å². The number of aromatic amines is 1. The molecule has 1 aliphatic heterocycles. The van der Waals surface area contributed by atoms with Crippen molar-refractivity contribution in [3.05, 3.63) is 79.4 Å². The summed E-state index contributed by atoms with van der Waals surface area (Å²) in [5, 5.41) is 0.447. The minimum absolute atomic E-state index is 0.0182. The first kappa shape index (κ1) is 18.7. The molecule has 1 fully saturated rings. The molecule has 28 heavy (non-hydrogen) atoms. The molecule has 0 radical (unpaired) electrons. The van der Waals surface area contributed by atoms with E-state index in [1.54, 1.807) is 24.3 Å². The summed E-state index contributed by atoms with van der Waals surface area (Å²) in [4.78, 5) is 41.4. The van der Waals surface area contributed by atoms with Gasteiger partial charge in [-0.1, -0.05) is 40.2 Å². The summed E-state index contributed by atoms with van der Waals surface area (Å²) < 4.78 is 2.47. The molecule has 6 nitrogen and oxygen atoms in total. The zero-order valence-electron chi connectivity index (χ0n) is 15.2. The number of H-pyrrole nitrogens is 1. The van der Waals surface area contributed by atoms with Crippen molar-refractivity contribution < 1.29 is 4.79 Å². The second-order valence-electron chi connectivity index (χ2n) is 6.98. The fourth-order valence-corrected chi connectivity index (χ4v) is 4.36. The standard InChI is InChI=1S/C21H20BrN3O3/c22-15-6-3-5-14(13-15)17-9-4-11-24(17)19(26)10-12-25-18-8-2-1-7-16(18)20(27)23-21(25)28/h1-3,5-8,13,17H,4,9-12H2,(H,23,27,28). The minimum Gasteiger partial charge on any atom is -0.336 e. The van der Waals surface area contributed by atoms with E-state index < -0.39 is 11.2 Å². The summed E-state index contributed by atoms with van der Waals surface area (Å²) in [5.74, 6) is 0.0182. The van der Waals surface area contributed by atoms with Gasteiger partial charge in [-0.2, -0.15) is 0 Å². The number of para-hydroxylation sites is 1. The highest BCUT2D eigenvalue weighted by atomic mass is 79.9. The molecular formula is C21H20BrN3O3. The van der Waals surface area contributed by atoms with Gasteiger partial charge in [0.05, 0.1) is 16.9 Å². The van der Waals surface area contributed by atoms with Crippen molar-refractivity contribution in [2.45, 2.75) is 31.8 Å². The maximum atomic E-state index is 12.9. The SMILES string of the molecule is O=C(CCn1c(=O)[nH]c(=O)c2ccccc21)N1CCCC1c1cccc(Br)c1. The monoisotopic (exact) mass is 441 g/mol.